The number of aromatic nitrogens is 1. The summed E-state index contributed by atoms with van der Waals surface area (Å²) in [5.74, 6) is -0.643. The molecule has 0 unspecified atom stereocenters. The minimum absolute atomic E-state index is 0. The van der Waals surface area contributed by atoms with Gasteiger partial charge in [0.15, 0.2) is 0 Å². The summed E-state index contributed by atoms with van der Waals surface area (Å²) in [5, 5.41) is 13.7. The third kappa shape index (κ3) is 5.93. The van der Waals surface area contributed by atoms with Gasteiger partial charge in [0, 0.05) is 51.5 Å². The van der Waals surface area contributed by atoms with Crippen LogP contribution in [0.3, 0.4) is 0 Å². The average molecular weight is 616 g/mol. The summed E-state index contributed by atoms with van der Waals surface area (Å²) >= 11 is 0. The summed E-state index contributed by atoms with van der Waals surface area (Å²) < 4.78 is 0. The standard InChI is InChI=1S/C34H39N5O4.H2S/c1-37-20-22-38(23-21-37)30-28(11-7-17-35-30)31(40)36-25-14-18-39(19-15-25)32(41)27-13-16-34(33(42)43,24-8-3-2-4-9-24)29-12-6-5-10-26(27)29;/h2-12,17,25,27H,13-16,18-23H2,1H3,(H,36,40)(H,42,43);1H2/t27-,34+;/m0./s1. The van der Waals surface area contributed by atoms with Crippen LogP contribution in [-0.2, 0) is 15.0 Å². The molecule has 1 aromatic heterocycles. The zero-order valence-electron chi connectivity index (χ0n) is 25.1. The molecule has 2 amide bonds. The molecule has 3 heterocycles. The number of anilines is 1. The second kappa shape index (κ2) is 13.4. The van der Waals surface area contributed by atoms with E-state index in [-0.39, 0.29) is 37.3 Å². The summed E-state index contributed by atoms with van der Waals surface area (Å²) in [7, 11) is 2.10. The summed E-state index contributed by atoms with van der Waals surface area (Å²) in [5.41, 5.74) is 1.65. The van der Waals surface area contributed by atoms with E-state index >= 15 is 0 Å². The Morgan fingerprint density at radius 2 is 1.55 bits per heavy atom. The molecule has 44 heavy (non-hydrogen) atoms. The van der Waals surface area contributed by atoms with E-state index in [1.807, 2.05) is 65.6 Å². The first-order chi connectivity index (χ1) is 20.9. The third-order valence-corrected chi connectivity index (χ3v) is 9.51. The van der Waals surface area contributed by atoms with Gasteiger partial charge in [-0.3, -0.25) is 14.4 Å². The van der Waals surface area contributed by atoms with Gasteiger partial charge in [0.05, 0.1) is 11.5 Å². The van der Waals surface area contributed by atoms with Crippen LogP contribution in [0, 0.1) is 0 Å². The lowest BCUT2D eigenvalue weighted by molar-refractivity contribution is -0.144. The summed E-state index contributed by atoms with van der Waals surface area (Å²) in [6.45, 7) is 4.61. The van der Waals surface area contributed by atoms with E-state index in [1.54, 1.807) is 12.3 Å². The Hall–Kier alpha value is -3.89. The molecule has 6 rings (SSSR count). The molecule has 1 aliphatic carbocycles. The monoisotopic (exact) mass is 615 g/mol. The predicted octanol–water partition coefficient (Wildman–Crippen LogP) is 3.62. The number of aliphatic carboxylic acids is 1. The van der Waals surface area contributed by atoms with Crippen molar-refractivity contribution in [3.8, 4) is 0 Å². The van der Waals surface area contributed by atoms with E-state index in [9.17, 15) is 19.5 Å². The molecule has 3 aromatic rings. The van der Waals surface area contributed by atoms with Crippen LogP contribution >= 0.6 is 13.5 Å². The minimum Gasteiger partial charge on any atom is -0.480 e. The first-order valence-electron chi connectivity index (χ1n) is 15.2. The average Bonchev–Trinajstić information content (AvgIpc) is 3.05. The molecule has 2 aliphatic heterocycles. The van der Waals surface area contributed by atoms with Gasteiger partial charge in [0.25, 0.3) is 5.91 Å². The van der Waals surface area contributed by atoms with Crippen LogP contribution in [-0.4, -0.2) is 90.0 Å². The first kappa shape index (κ1) is 31.5. The number of nitrogens with one attached hydrogen (secondary N) is 1. The molecule has 2 aromatic carbocycles. The van der Waals surface area contributed by atoms with Crippen molar-refractivity contribution in [3.63, 3.8) is 0 Å². The molecule has 0 spiro atoms. The van der Waals surface area contributed by atoms with Crippen molar-refractivity contribution in [1.82, 2.24) is 20.1 Å². The predicted molar refractivity (Wildman–Crippen MR) is 175 cm³/mol. The maximum absolute atomic E-state index is 13.9. The van der Waals surface area contributed by atoms with Crippen LogP contribution in [0.15, 0.2) is 72.9 Å². The number of carbonyl (C=O) groups is 3. The highest BCUT2D eigenvalue weighted by Gasteiger charge is 2.49. The number of carboxylic acid groups (broad SMARTS) is 1. The second-order valence-electron chi connectivity index (χ2n) is 12.0. The zero-order valence-corrected chi connectivity index (χ0v) is 26.1. The lowest BCUT2D eigenvalue weighted by Gasteiger charge is -2.41. The number of pyridine rings is 1. The van der Waals surface area contributed by atoms with Gasteiger partial charge in [0.2, 0.25) is 5.91 Å². The highest BCUT2D eigenvalue weighted by molar-refractivity contribution is 7.59. The number of benzene rings is 2. The fourth-order valence-corrected chi connectivity index (χ4v) is 7.04. The number of fused-ring (bicyclic) bond motifs is 1. The Balaban J connectivity index is 0.00000384. The minimum atomic E-state index is -1.18. The van der Waals surface area contributed by atoms with Crippen LogP contribution in [0.1, 0.15) is 58.6 Å². The molecule has 232 valence electrons. The fraction of sp³-hybridized carbons (Fsp3) is 0.412. The van der Waals surface area contributed by atoms with Gasteiger partial charge >= 0.3 is 5.97 Å². The van der Waals surface area contributed by atoms with Crippen molar-refractivity contribution in [2.75, 3.05) is 51.2 Å². The number of piperidine rings is 1. The normalized spacial score (nSPS) is 22.4. The van der Waals surface area contributed by atoms with Crippen molar-refractivity contribution in [2.24, 2.45) is 0 Å². The number of carboxylic acids is 1. The molecule has 0 radical (unpaired) electrons. The lowest BCUT2D eigenvalue weighted by Crippen LogP contribution is -2.49. The van der Waals surface area contributed by atoms with E-state index in [0.717, 1.165) is 43.1 Å². The highest BCUT2D eigenvalue weighted by atomic mass is 32.1. The number of rotatable bonds is 6. The topological polar surface area (TPSA) is 106 Å². The maximum Gasteiger partial charge on any atom is 0.318 e. The number of piperazine rings is 1. The smallest absolute Gasteiger partial charge is 0.318 e. The third-order valence-electron chi connectivity index (χ3n) is 9.51. The van der Waals surface area contributed by atoms with Crippen LogP contribution in [0.4, 0.5) is 5.82 Å². The van der Waals surface area contributed by atoms with Crippen molar-refractivity contribution in [1.29, 1.82) is 0 Å². The summed E-state index contributed by atoms with van der Waals surface area (Å²) in [4.78, 5) is 51.0. The molecule has 9 nitrogen and oxygen atoms in total. The largest absolute Gasteiger partial charge is 0.480 e. The van der Waals surface area contributed by atoms with Crippen LogP contribution in [0.25, 0.3) is 0 Å². The molecule has 2 atom stereocenters. The number of likely N-dealkylation sites (N-methyl/N-ethyl adjacent to an activating group) is 1. The van der Waals surface area contributed by atoms with Crippen LogP contribution in [0.2, 0.25) is 0 Å². The van der Waals surface area contributed by atoms with Gasteiger partial charge in [0.1, 0.15) is 11.2 Å². The van der Waals surface area contributed by atoms with E-state index < -0.39 is 11.4 Å². The van der Waals surface area contributed by atoms with Gasteiger partial charge in [-0.05, 0) is 61.6 Å². The van der Waals surface area contributed by atoms with Gasteiger partial charge in [-0.15, -0.1) is 0 Å². The van der Waals surface area contributed by atoms with Crippen molar-refractivity contribution >= 4 is 37.1 Å². The number of hydrogen-bond acceptors (Lipinski definition) is 6. The van der Waals surface area contributed by atoms with Crippen molar-refractivity contribution in [2.45, 2.75) is 43.1 Å². The quantitative estimate of drug-likeness (QED) is 0.437. The Labute approximate surface area is 265 Å². The second-order valence-corrected chi connectivity index (χ2v) is 12.0. The molecule has 2 N–H and O–H groups in total. The number of hydrogen-bond donors (Lipinski definition) is 2. The fourth-order valence-electron chi connectivity index (χ4n) is 7.04. The van der Waals surface area contributed by atoms with E-state index in [4.69, 9.17) is 0 Å². The maximum atomic E-state index is 13.9. The molecule has 0 saturated carbocycles. The van der Waals surface area contributed by atoms with Crippen LogP contribution < -0.4 is 10.2 Å². The van der Waals surface area contributed by atoms with Crippen LogP contribution in [0.5, 0.6) is 0 Å². The van der Waals surface area contributed by atoms with Gasteiger partial charge in [-0.25, -0.2) is 4.98 Å². The molecule has 0 bridgehead atoms. The van der Waals surface area contributed by atoms with Gasteiger partial charge in [-0.2, -0.15) is 13.5 Å². The number of likely N-dealkylation sites (tertiary alicyclic amines) is 1. The van der Waals surface area contributed by atoms with E-state index in [1.165, 1.54) is 0 Å². The Morgan fingerprint density at radius 1 is 0.864 bits per heavy atom. The number of nitrogens with zero attached hydrogens (tertiary/aromatic N) is 4. The van der Waals surface area contributed by atoms with Crippen molar-refractivity contribution < 1.29 is 19.5 Å². The molecular weight excluding hydrogens is 574 g/mol. The van der Waals surface area contributed by atoms with Gasteiger partial charge in [-0.1, -0.05) is 54.6 Å². The summed E-state index contributed by atoms with van der Waals surface area (Å²) in [6.07, 6.45) is 3.88. The first-order valence-corrected chi connectivity index (χ1v) is 15.2. The molecular formula is C34H41N5O4S. The highest BCUT2D eigenvalue weighted by Crippen LogP contribution is 2.47. The molecule has 2 saturated heterocycles. The zero-order chi connectivity index (χ0) is 30.0. The molecule has 10 heteroatoms. The van der Waals surface area contributed by atoms with Crippen molar-refractivity contribution in [3.05, 3.63) is 95.2 Å². The molecule has 2 fully saturated rings. The Kier molecular flexibility index (Phi) is 9.60. The lowest BCUT2D eigenvalue weighted by atomic mass is 9.63. The summed E-state index contributed by atoms with van der Waals surface area (Å²) in [6, 6.07) is 20.5. The van der Waals surface area contributed by atoms with E-state index in [0.29, 0.717) is 49.9 Å². The Bertz CT molecular complexity index is 1490. The molecule has 3 aliphatic rings. The van der Waals surface area contributed by atoms with E-state index in [2.05, 4.69) is 27.1 Å². The number of carbonyl (C=O) groups excluding carboxylic acids is 2. The SMILES string of the molecule is CN1CCN(c2ncccc2C(=O)NC2CCN(C(=O)[C@H]3CC[C@@](C(=O)O)(c4ccccc4)c4ccccc43)CC2)CC1.S. The Morgan fingerprint density at radius 3 is 2.25 bits per heavy atom. The number of amides is 2. The van der Waals surface area contributed by atoms with Gasteiger partial charge < -0.3 is 25.1 Å².